The second-order valence-electron chi connectivity index (χ2n) is 15.2. The van der Waals surface area contributed by atoms with E-state index in [-0.39, 0.29) is 28.2 Å². The Morgan fingerprint density at radius 2 is 1.69 bits per heavy atom. The van der Waals surface area contributed by atoms with E-state index >= 15 is 0 Å². The molecule has 0 spiro atoms. The Balaban J connectivity index is 1.70. The largest absolute Gasteiger partial charge is 0.487 e. The highest BCUT2D eigenvalue weighted by molar-refractivity contribution is 6.74. The van der Waals surface area contributed by atoms with E-state index in [0.29, 0.717) is 11.9 Å². The molecule has 1 aromatic carbocycles. The molecule has 1 aliphatic heterocycles. The Morgan fingerprint density at radius 3 is 2.29 bits per heavy atom. The number of fused-ring (bicyclic) bond motifs is 1. The van der Waals surface area contributed by atoms with E-state index in [0.717, 1.165) is 54.2 Å². The molecular weight excluding hydrogens is 542 g/mol. The molecule has 42 heavy (non-hydrogen) atoms. The third kappa shape index (κ3) is 7.34. The van der Waals surface area contributed by atoms with Crippen LogP contribution < -0.4 is 10.1 Å². The Hall–Kier alpha value is -2.49. The maximum absolute atomic E-state index is 6.70. The molecule has 3 heterocycles. The van der Waals surface area contributed by atoms with Crippen molar-refractivity contribution in [3.63, 3.8) is 0 Å². The summed E-state index contributed by atoms with van der Waals surface area (Å²) in [6.07, 6.45) is 3.18. The first-order valence-electron chi connectivity index (χ1n) is 15.3. The number of hydrogen-bond acceptors (Lipinski definition) is 7. The molecule has 3 aromatic rings. The van der Waals surface area contributed by atoms with Crippen LogP contribution in [0.25, 0.3) is 22.4 Å². The Kier molecular flexibility index (Phi) is 9.18. The highest BCUT2D eigenvalue weighted by Gasteiger charge is 2.42. The molecule has 8 nitrogen and oxygen atoms in total. The van der Waals surface area contributed by atoms with Crippen molar-refractivity contribution in [2.45, 2.75) is 117 Å². The van der Waals surface area contributed by atoms with Crippen LogP contribution in [0.5, 0.6) is 5.75 Å². The van der Waals surface area contributed by atoms with Gasteiger partial charge in [-0.2, -0.15) is 5.10 Å². The number of aromatic nitrogens is 4. The van der Waals surface area contributed by atoms with Crippen LogP contribution in [0.3, 0.4) is 0 Å². The number of ether oxygens (including phenoxy) is 2. The van der Waals surface area contributed by atoms with E-state index in [1.165, 1.54) is 0 Å². The predicted molar refractivity (Wildman–Crippen MR) is 175 cm³/mol. The Bertz CT molecular complexity index is 1360. The number of benzene rings is 1. The topological polar surface area (TPSA) is 83.3 Å². The summed E-state index contributed by atoms with van der Waals surface area (Å²) >= 11 is 0. The summed E-state index contributed by atoms with van der Waals surface area (Å²) in [6, 6.07) is 8.33. The highest BCUT2D eigenvalue weighted by Crippen LogP contribution is 2.40. The number of nitrogens with zero attached hydrogens (tertiary/aromatic N) is 4. The normalized spacial score (nSPS) is 17.3. The average Bonchev–Trinajstić information content (AvgIpc) is 3.32. The number of hydrogen-bond donors (Lipinski definition) is 1. The van der Waals surface area contributed by atoms with Crippen molar-refractivity contribution in [2.24, 2.45) is 5.41 Å². The first kappa shape index (κ1) is 32.4. The maximum Gasteiger partial charge on any atom is 0.192 e. The monoisotopic (exact) mass is 594 g/mol. The number of nitrogens with one attached hydrogen (secondary N) is 1. The summed E-state index contributed by atoms with van der Waals surface area (Å²) in [6.45, 7) is 30.1. The van der Waals surface area contributed by atoms with E-state index in [4.69, 9.17) is 29.0 Å². The van der Waals surface area contributed by atoms with Gasteiger partial charge >= 0.3 is 0 Å². The van der Waals surface area contributed by atoms with Crippen LogP contribution in [0.15, 0.2) is 30.5 Å². The summed E-state index contributed by atoms with van der Waals surface area (Å²) < 4.78 is 21.0. The molecule has 0 amide bonds. The van der Waals surface area contributed by atoms with Crippen molar-refractivity contribution < 1.29 is 13.9 Å². The second kappa shape index (κ2) is 11.9. The average molecular weight is 595 g/mol. The van der Waals surface area contributed by atoms with Crippen molar-refractivity contribution in [3.8, 4) is 17.1 Å². The van der Waals surface area contributed by atoms with Gasteiger partial charge in [0, 0.05) is 30.2 Å². The van der Waals surface area contributed by atoms with Gasteiger partial charge in [-0.05, 0) is 70.8 Å². The molecule has 1 aliphatic rings. The van der Waals surface area contributed by atoms with Crippen LogP contribution in [-0.4, -0.2) is 59.5 Å². The van der Waals surface area contributed by atoms with Crippen molar-refractivity contribution >= 4 is 25.2 Å². The van der Waals surface area contributed by atoms with Crippen molar-refractivity contribution in [1.29, 1.82) is 0 Å². The molecule has 9 heteroatoms. The van der Waals surface area contributed by atoms with E-state index in [9.17, 15) is 0 Å². The Morgan fingerprint density at radius 1 is 1.02 bits per heavy atom. The van der Waals surface area contributed by atoms with Gasteiger partial charge in [-0.25, -0.2) is 14.6 Å². The molecule has 0 bridgehead atoms. The van der Waals surface area contributed by atoms with Gasteiger partial charge in [0.2, 0.25) is 0 Å². The lowest BCUT2D eigenvalue weighted by atomic mass is 9.86. The van der Waals surface area contributed by atoms with Gasteiger partial charge in [0.15, 0.2) is 19.8 Å². The van der Waals surface area contributed by atoms with Gasteiger partial charge in [-0.1, -0.05) is 53.7 Å². The minimum Gasteiger partial charge on any atom is -0.487 e. The fourth-order valence-corrected chi connectivity index (χ4v) is 6.19. The van der Waals surface area contributed by atoms with Gasteiger partial charge in [0.05, 0.1) is 23.2 Å². The first-order valence-corrected chi connectivity index (χ1v) is 18.2. The van der Waals surface area contributed by atoms with Gasteiger partial charge in [0.1, 0.15) is 17.7 Å². The second-order valence-corrected chi connectivity index (χ2v) is 20.0. The van der Waals surface area contributed by atoms with Gasteiger partial charge in [0.25, 0.3) is 0 Å². The first-order chi connectivity index (χ1) is 19.4. The molecule has 2 unspecified atom stereocenters. The zero-order valence-corrected chi connectivity index (χ0v) is 28.7. The molecule has 231 valence electrons. The van der Waals surface area contributed by atoms with Crippen LogP contribution in [0.1, 0.15) is 75.2 Å². The van der Waals surface area contributed by atoms with Crippen molar-refractivity contribution in [2.75, 3.05) is 18.5 Å². The molecule has 2 atom stereocenters. The quantitative estimate of drug-likeness (QED) is 0.266. The van der Waals surface area contributed by atoms with Crippen LogP contribution in [0.2, 0.25) is 18.1 Å². The van der Waals surface area contributed by atoms with Gasteiger partial charge in [-0.15, -0.1) is 0 Å². The molecule has 4 rings (SSSR count). The molecule has 0 saturated carbocycles. The number of anilines is 1. The van der Waals surface area contributed by atoms with Gasteiger partial charge < -0.3 is 19.2 Å². The summed E-state index contributed by atoms with van der Waals surface area (Å²) in [4.78, 5) is 10.1. The summed E-state index contributed by atoms with van der Waals surface area (Å²) in [5, 5.41) is 9.39. The standard InChI is InChI=1S/C33H52N5O3Si/c1-22(41-42(11,12)33(8,9)10)27(31(2,3)4)40-25-15-13-14-23(20-25)28-36-29(35-24-16-18-39-19-17-24)26-21-34-38(30(26)37-28)32(5,6)7/h13-15,20-22,24,27H,1,16-19H2,2-12H3,(H,35,36,37). The molecule has 1 N–H and O–H groups in total. The smallest absolute Gasteiger partial charge is 0.192 e. The fraction of sp³-hybridized carbons (Fsp3) is 0.636. The summed E-state index contributed by atoms with van der Waals surface area (Å²) in [5.74, 6) is 2.17. The predicted octanol–water partition coefficient (Wildman–Crippen LogP) is 7.86. The minimum absolute atomic E-state index is 0.0806. The lowest BCUT2D eigenvalue weighted by Crippen LogP contribution is -2.50. The van der Waals surface area contributed by atoms with Gasteiger partial charge in [-0.3, -0.25) is 0 Å². The third-order valence-electron chi connectivity index (χ3n) is 8.42. The molecule has 0 aliphatic carbocycles. The van der Waals surface area contributed by atoms with Crippen LogP contribution in [0.4, 0.5) is 5.82 Å². The Labute approximate surface area is 254 Å². The third-order valence-corrected chi connectivity index (χ3v) is 12.9. The minimum atomic E-state index is -2.04. The zero-order valence-electron chi connectivity index (χ0n) is 27.7. The zero-order chi connectivity index (χ0) is 31.1. The fourth-order valence-electron chi connectivity index (χ4n) is 4.96. The number of rotatable bonds is 8. The molecular formula is C33H52N5O3Si. The van der Waals surface area contributed by atoms with E-state index in [2.05, 4.69) is 87.6 Å². The molecule has 1 fully saturated rings. The lowest BCUT2D eigenvalue weighted by Gasteiger charge is -2.43. The van der Waals surface area contributed by atoms with Crippen LogP contribution >= 0.6 is 0 Å². The van der Waals surface area contributed by atoms with Crippen LogP contribution in [0, 0.1) is 12.3 Å². The van der Waals surface area contributed by atoms with Crippen LogP contribution in [-0.2, 0) is 14.7 Å². The van der Waals surface area contributed by atoms with Crippen molar-refractivity contribution in [3.05, 3.63) is 37.4 Å². The summed E-state index contributed by atoms with van der Waals surface area (Å²) in [5.41, 5.74) is 1.26. The SMILES string of the molecule is [CH2]C(O[Si](C)(C)C(C)(C)C)C(Oc1cccc(-c2nc(NC3CCOCC3)c3cnn(C(C)(C)C)c3n2)c1)C(C)(C)C. The summed E-state index contributed by atoms with van der Waals surface area (Å²) in [7, 11) is -2.04. The molecule has 2 aromatic heterocycles. The van der Waals surface area contributed by atoms with E-state index in [1.807, 2.05) is 35.1 Å². The lowest BCUT2D eigenvalue weighted by molar-refractivity contribution is 0.000981. The highest BCUT2D eigenvalue weighted by atomic mass is 28.4. The van der Waals surface area contributed by atoms with E-state index in [1.54, 1.807) is 0 Å². The van der Waals surface area contributed by atoms with Crippen molar-refractivity contribution in [1.82, 2.24) is 19.7 Å². The maximum atomic E-state index is 6.70. The molecule has 1 radical (unpaired) electrons. The molecule has 1 saturated heterocycles. The van der Waals surface area contributed by atoms with E-state index < -0.39 is 8.32 Å².